The van der Waals surface area contributed by atoms with E-state index in [0.717, 1.165) is 0 Å². The molecule has 10 heavy (non-hydrogen) atoms. The highest BCUT2D eigenvalue weighted by molar-refractivity contribution is 5.30. The van der Waals surface area contributed by atoms with E-state index >= 15 is 0 Å². The zero-order valence-corrected chi connectivity index (χ0v) is 6.05. The zero-order chi connectivity index (χ0) is 7.40. The number of benzene rings is 1. The van der Waals surface area contributed by atoms with Crippen molar-refractivity contribution in [1.29, 1.82) is 0 Å². The van der Waals surface area contributed by atoms with Gasteiger partial charge in [0.05, 0.1) is 20.3 Å². The molecule has 53 valence electrons. The van der Waals surface area contributed by atoms with Crippen LogP contribution in [0.4, 0.5) is 0 Å². The van der Waals surface area contributed by atoms with Crippen LogP contribution < -0.4 is 9.47 Å². The summed E-state index contributed by atoms with van der Waals surface area (Å²) in [6, 6.07) is 8.40. The molecular formula is C8H9O2. The van der Waals surface area contributed by atoms with Gasteiger partial charge >= 0.3 is 0 Å². The first kappa shape index (κ1) is 6.93. The monoisotopic (exact) mass is 137 g/mol. The molecule has 0 heterocycles. The highest BCUT2D eigenvalue weighted by Crippen LogP contribution is 2.16. The molecule has 0 amide bonds. The fourth-order valence-corrected chi connectivity index (χ4v) is 0.666. The number of hydrogen-bond donors (Lipinski definition) is 0. The van der Waals surface area contributed by atoms with Gasteiger partial charge in [-0.1, -0.05) is 6.07 Å². The quantitative estimate of drug-likeness (QED) is 0.615. The number of rotatable bonds is 2. The van der Waals surface area contributed by atoms with Crippen LogP contribution in [0.3, 0.4) is 0 Å². The largest absolute Gasteiger partial charge is 0.496 e. The fraction of sp³-hybridized carbons (Fsp3) is 0.250. The van der Waals surface area contributed by atoms with Gasteiger partial charge in [0.15, 0.2) is 0 Å². The Morgan fingerprint density at radius 2 is 1.60 bits per heavy atom. The summed E-state index contributed by atoms with van der Waals surface area (Å²) in [6.45, 7) is 0. The lowest BCUT2D eigenvalue weighted by molar-refractivity contribution is 0.392. The van der Waals surface area contributed by atoms with Gasteiger partial charge in [-0.25, -0.2) is 0 Å². The molecule has 1 radical (unpaired) electrons. The normalized spacial score (nSPS) is 9.00. The van der Waals surface area contributed by atoms with Gasteiger partial charge in [0, 0.05) is 0 Å². The van der Waals surface area contributed by atoms with E-state index in [1.807, 2.05) is 18.2 Å². The molecule has 0 atom stereocenters. The van der Waals surface area contributed by atoms with Gasteiger partial charge in [-0.15, -0.1) is 0 Å². The first-order valence-corrected chi connectivity index (χ1v) is 2.97. The van der Waals surface area contributed by atoms with Crippen molar-refractivity contribution in [1.82, 2.24) is 0 Å². The summed E-state index contributed by atoms with van der Waals surface area (Å²) >= 11 is 0. The Morgan fingerprint density at radius 1 is 1.10 bits per heavy atom. The van der Waals surface area contributed by atoms with Gasteiger partial charge in [0.25, 0.3) is 0 Å². The van der Waals surface area contributed by atoms with E-state index in [-0.39, 0.29) is 0 Å². The van der Waals surface area contributed by atoms with Crippen molar-refractivity contribution in [2.45, 2.75) is 0 Å². The maximum Gasteiger partial charge on any atom is 0.130 e. The molecule has 0 saturated heterocycles. The first-order chi connectivity index (χ1) is 4.86. The number of hydrogen-bond acceptors (Lipinski definition) is 2. The van der Waals surface area contributed by atoms with Crippen molar-refractivity contribution in [2.24, 2.45) is 0 Å². The van der Waals surface area contributed by atoms with Crippen molar-refractivity contribution >= 4 is 0 Å². The first-order valence-electron chi connectivity index (χ1n) is 2.97. The maximum absolute atomic E-state index is 4.92. The van der Waals surface area contributed by atoms with Crippen LogP contribution in [0.2, 0.25) is 0 Å². The van der Waals surface area contributed by atoms with Crippen LogP contribution in [0.1, 0.15) is 0 Å². The van der Waals surface area contributed by atoms with Crippen LogP contribution in [0.25, 0.3) is 0 Å². The van der Waals surface area contributed by atoms with Gasteiger partial charge < -0.3 is 9.47 Å². The second-order valence-corrected chi connectivity index (χ2v) is 1.79. The fourth-order valence-electron chi connectivity index (χ4n) is 0.666. The van der Waals surface area contributed by atoms with Gasteiger partial charge in [-0.3, -0.25) is 0 Å². The molecule has 0 unspecified atom stereocenters. The van der Waals surface area contributed by atoms with Gasteiger partial charge in [-0.2, -0.15) is 0 Å². The minimum atomic E-state index is 0.694. The maximum atomic E-state index is 4.92. The topological polar surface area (TPSA) is 18.5 Å². The molecule has 2 nitrogen and oxygen atoms in total. The predicted octanol–water partition coefficient (Wildman–Crippen LogP) is 1.50. The average molecular weight is 137 g/mol. The SMILES string of the molecule is COc1[c]c(OC)ccc1. The van der Waals surface area contributed by atoms with E-state index in [2.05, 4.69) is 6.07 Å². The molecule has 1 rings (SSSR count). The summed E-state index contributed by atoms with van der Waals surface area (Å²) in [6.07, 6.45) is 0. The molecule has 0 fully saturated rings. The molecule has 1 aromatic carbocycles. The minimum absolute atomic E-state index is 0.694. The van der Waals surface area contributed by atoms with E-state index in [9.17, 15) is 0 Å². The van der Waals surface area contributed by atoms with E-state index in [1.54, 1.807) is 14.2 Å². The summed E-state index contributed by atoms with van der Waals surface area (Å²) in [5.74, 6) is 1.39. The highest BCUT2D eigenvalue weighted by atomic mass is 16.5. The Kier molecular flexibility index (Phi) is 2.15. The Labute approximate surface area is 60.4 Å². The lowest BCUT2D eigenvalue weighted by atomic mass is 10.3. The molecule has 0 bridgehead atoms. The second-order valence-electron chi connectivity index (χ2n) is 1.79. The Balaban J connectivity index is 2.87. The lowest BCUT2D eigenvalue weighted by Gasteiger charge is -2.00. The van der Waals surface area contributed by atoms with Crippen LogP contribution in [-0.2, 0) is 0 Å². The summed E-state index contributed by atoms with van der Waals surface area (Å²) in [7, 11) is 3.20. The van der Waals surface area contributed by atoms with Crippen molar-refractivity contribution < 1.29 is 9.47 Å². The van der Waals surface area contributed by atoms with Crippen LogP contribution in [0, 0.1) is 6.07 Å². The molecule has 0 spiro atoms. The summed E-state index contributed by atoms with van der Waals surface area (Å²) in [5, 5.41) is 0. The highest BCUT2D eigenvalue weighted by Gasteiger charge is 1.92. The molecule has 0 N–H and O–H groups in total. The molecule has 0 aliphatic rings. The molecular weight excluding hydrogens is 128 g/mol. The zero-order valence-electron chi connectivity index (χ0n) is 6.05. The lowest BCUT2D eigenvalue weighted by Crippen LogP contribution is -1.85. The van der Waals surface area contributed by atoms with Crippen molar-refractivity contribution in [3.8, 4) is 11.5 Å². The molecule has 0 aromatic heterocycles. The van der Waals surface area contributed by atoms with Crippen LogP contribution >= 0.6 is 0 Å². The summed E-state index contributed by atoms with van der Waals surface area (Å²) in [4.78, 5) is 0. The third-order valence-electron chi connectivity index (χ3n) is 1.18. The molecule has 0 saturated carbocycles. The smallest absolute Gasteiger partial charge is 0.130 e. The Morgan fingerprint density at radius 3 is 2.00 bits per heavy atom. The molecule has 0 aliphatic carbocycles. The Hall–Kier alpha value is -1.18. The van der Waals surface area contributed by atoms with Crippen molar-refractivity contribution in [3.05, 3.63) is 24.3 Å². The van der Waals surface area contributed by atoms with Crippen molar-refractivity contribution in [3.63, 3.8) is 0 Å². The van der Waals surface area contributed by atoms with Gasteiger partial charge in [0.1, 0.15) is 11.5 Å². The predicted molar refractivity (Wildman–Crippen MR) is 38.4 cm³/mol. The standard InChI is InChI=1S/C8H9O2/c1-9-7-4-3-5-8(6-7)10-2/h3-5H,1-2H3. The van der Waals surface area contributed by atoms with Crippen LogP contribution in [0.15, 0.2) is 18.2 Å². The second kappa shape index (κ2) is 3.11. The van der Waals surface area contributed by atoms with E-state index in [4.69, 9.17) is 9.47 Å². The van der Waals surface area contributed by atoms with Crippen LogP contribution in [-0.4, -0.2) is 14.2 Å². The molecule has 0 aliphatic heterocycles. The number of ether oxygens (including phenoxy) is 2. The van der Waals surface area contributed by atoms with E-state index in [0.29, 0.717) is 11.5 Å². The minimum Gasteiger partial charge on any atom is -0.496 e. The average Bonchev–Trinajstić information content (AvgIpc) is 2.05. The third-order valence-corrected chi connectivity index (χ3v) is 1.18. The van der Waals surface area contributed by atoms with Crippen molar-refractivity contribution in [2.75, 3.05) is 14.2 Å². The Bertz CT molecular complexity index is 189. The summed E-state index contributed by atoms with van der Waals surface area (Å²) < 4.78 is 9.84. The van der Waals surface area contributed by atoms with Gasteiger partial charge in [-0.05, 0) is 12.1 Å². The van der Waals surface area contributed by atoms with Crippen LogP contribution in [0.5, 0.6) is 11.5 Å². The van der Waals surface area contributed by atoms with E-state index in [1.165, 1.54) is 0 Å². The summed E-state index contributed by atoms with van der Waals surface area (Å²) in [5.41, 5.74) is 0. The third kappa shape index (κ3) is 1.41. The number of methoxy groups -OCH3 is 2. The molecule has 2 heteroatoms. The van der Waals surface area contributed by atoms with Gasteiger partial charge in [0.2, 0.25) is 0 Å². The van der Waals surface area contributed by atoms with E-state index < -0.39 is 0 Å². The molecule has 1 aromatic rings.